The Morgan fingerprint density at radius 2 is 1.42 bits per heavy atom. The molecule has 0 radical (unpaired) electrons. The van der Waals surface area contributed by atoms with E-state index in [9.17, 15) is 14.4 Å². The third kappa shape index (κ3) is 6.41. The second-order valence-corrected chi connectivity index (χ2v) is 6.52. The van der Waals surface area contributed by atoms with Gasteiger partial charge in [-0.15, -0.1) is 0 Å². The second kappa shape index (κ2) is 11.7. The van der Waals surface area contributed by atoms with E-state index in [2.05, 4.69) is 0 Å². The van der Waals surface area contributed by atoms with E-state index in [0.717, 1.165) is 0 Å². The first-order chi connectivity index (χ1) is 15.0. The number of carbonyl (C=O) groups excluding carboxylic acids is 3. The molecule has 0 aliphatic heterocycles. The number of hydrogen-bond donors (Lipinski definition) is 0. The molecule has 0 bridgehead atoms. The molecule has 158 valence electrons. The minimum Gasteiger partial charge on any atom is -0.452 e. The van der Waals surface area contributed by atoms with E-state index < -0.39 is 24.4 Å². The number of ether oxygens (including phenoxy) is 1. The van der Waals surface area contributed by atoms with Crippen molar-refractivity contribution >= 4 is 23.5 Å². The Balaban J connectivity index is 2.10. The maximum atomic E-state index is 12.9. The van der Waals surface area contributed by atoms with Crippen molar-refractivity contribution in [3.63, 3.8) is 0 Å². The summed E-state index contributed by atoms with van der Waals surface area (Å²) in [6, 6.07) is 19.1. The lowest BCUT2D eigenvalue weighted by Crippen LogP contribution is -2.36. The van der Waals surface area contributed by atoms with Gasteiger partial charge < -0.3 is 14.5 Å². The summed E-state index contributed by atoms with van der Waals surface area (Å²) in [5, 5.41) is 17.4. The SMILES string of the molecule is CN(C(=O)c1ccccc1C(=O)OCC(=O)N(CCC#N)CCC#N)c1ccccc1. The Morgan fingerprint density at radius 3 is 2.00 bits per heavy atom. The van der Waals surface area contributed by atoms with Gasteiger partial charge in [-0.25, -0.2) is 4.79 Å². The highest BCUT2D eigenvalue weighted by Crippen LogP contribution is 2.18. The monoisotopic (exact) mass is 418 g/mol. The number of amides is 2. The van der Waals surface area contributed by atoms with Crippen LogP contribution >= 0.6 is 0 Å². The van der Waals surface area contributed by atoms with Crippen LogP contribution in [-0.2, 0) is 9.53 Å². The van der Waals surface area contributed by atoms with Crippen LogP contribution in [0.5, 0.6) is 0 Å². The molecule has 0 unspecified atom stereocenters. The van der Waals surface area contributed by atoms with Gasteiger partial charge in [0.1, 0.15) is 0 Å². The van der Waals surface area contributed by atoms with Crippen LogP contribution < -0.4 is 4.90 Å². The fourth-order valence-corrected chi connectivity index (χ4v) is 2.82. The van der Waals surface area contributed by atoms with Crippen molar-refractivity contribution in [2.75, 3.05) is 31.6 Å². The van der Waals surface area contributed by atoms with E-state index in [-0.39, 0.29) is 37.1 Å². The Bertz CT molecular complexity index is 990. The number of nitriles is 2. The van der Waals surface area contributed by atoms with Gasteiger partial charge in [0, 0.05) is 25.8 Å². The average Bonchev–Trinajstić information content (AvgIpc) is 2.82. The minimum absolute atomic E-state index is 0.0451. The molecule has 0 saturated heterocycles. The molecule has 8 nitrogen and oxygen atoms in total. The molecular formula is C23H22N4O4. The smallest absolute Gasteiger partial charge is 0.339 e. The predicted molar refractivity (Wildman–Crippen MR) is 113 cm³/mol. The summed E-state index contributed by atoms with van der Waals surface area (Å²) < 4.78 is 5.14. The van der Waals surface area contributed by atoms with Crippen LogP contribution in [0.25, 0.3) is 0 Å². The molecule has 2 amide bonds. The normalized spacial score (nSPS) is 9.77. The summed E-state index contributed by atoms with van der Waals surface area (Å²) >= 11 is 0. The van der Waals surface area contributed by atoms with Crippen molar-refractivity contribution in [2.45, 2.75) is 12.8 Å². The van der Waals surface area contributed by atoms with Gasteiger partial charge in [0.25, 0.3) is 11.8 Å². The van der Waals surface area contributed by atoms with Crippen LogP contribution in [0.15, 0.2) is 54.6 Å². The van der Waals surface area contributed by atoms with Crippen LogP contribution in [0.4, 0.5) is 5.69 Å². The number of nitrogens with zero attached hydrogens (tertiary/aromatic N) is 4. The molecule has 0 N–H and O–H groups in total. The zero-order valence-corrected chi connectivity index (χ0v) is 17.2. The quantitative estimate of drug-likeness (QED) is 0.579. The Kier molecular flexibility index (Phi) is 8.75. The molecule has 31 heavy (non-hydrogen) atoms. The van der Waals surface area contributed by atoms with Crippen molar-refractivity contribution < 1.29 is 19.1 Å². The highest BCUT2D eigenvalue weighted by molar-refractivity contribution is 6.12. The number of para-hydroxylation sites is 1. The summed E-state index contributed by atoms with van der Waals surface area (Å²) in [4.78, 5) is 40.6. The predicted octanol–water partition coefficient (Wildman–Crippen LogP) is 2.78. The largest absolute Gasteiger partial charge is 0.452 e. The van der Waals surface area contributed by atoms with Crippen LogP contribution in [0, 0.1) is 22.7 Å². The average molecular weight is 418 g/mol. The molecule has 2 rings (SSSR count). The second-order valence-electron chi connectivity index (χ2n) is 6.52. The number of benzene rings is 2. The van der Waals surface area contributed by atoms with Crippen molar-refractivity contribution in [2.24, 2.45) is 0 Å². The summed E-state index contributed by atoms with van der Waals surface area (Å²) in [5.74, 6) is -1.71. The molecule has 0 atom stereocenters. The van der Waals surface area contributed by atoms with Gasteiger partial charge in [-0.2, -0.15) is 10.5 Å². The Hall–Kier alpha value is -4.17. The van der Waals surface area contributed by atoms with Crippen LogP contribution in [-0.4, -0.2) is 49.4 Å². The molecule has 0 fully saturated rings. The molecule has 0 spiro atoms. The lowest BCUT2D eigenvalue weighted by Gasteiger charge is -2.21. The van der Waals surface area contributed by atoms with Crippen molar-refractivity contribution in [1.29, 1.82) is 10.5 Å². The lowest BCUT2D eigenvalue weighted by atomic mass is 10.1. The van der Waals surface area contributed by atoms with E-state index in [1.807, 2.05) is 18.2 Å². The Morgan fingerprint density at radius 1 is 0.871 bits per heavy atom. The lowest BCUT2D eigenvalue weighted by molar-refractivity contribution is -0.134. The number of anilines is 1. The van der Waals surface area contributed by atoms with Crippen molar-refractivity contribution in [3.05, 3.63) is 65.7 Å². The maximum Gasteiger partial charge on any atom is 0.339 e. The minimum atomic E-state index is -0.806. The molecule has 0 aromatic heterocycles. The molecule has 0 saturated carbocycles. The van der Waals surface area contributed by atoms with E-state index >= 15 is 0 Å². The molecule has 0 heterocycles. The number of esters is 1. The van der Waals surface area contributed by atoms with E-state index in [4.69, 9.17) is 15.3 Å². The number of rotatable bonds is 9. The van der Waals surface area contributed by atoms with E-state index in [1.54, 1.807) is 43.4 Å². The van der Waals surface area contributed by atoms with E-state index in [1.165, 1.54) is 21.9 Å². The fourth-order valence-electron chi connectivity index (χ4n) is 2.82. The maximum absolute atomic E-state index is 12.9. The first kappa shape index (κ1) is 23.1. The molecule has 2 aromatic rings. The van der Waals surface area contributed by atoms with Gasteiger partial charge in [0.2, 0.25) is 0 Å². The highest BCUT2D eigenvalue weighted by atomic mass is 16.5. The van der Waals surface area contributed by atoms with Crippen LogP contribution in [0.2, 0.25) is 0 Å². The van der Waals surface area contributed by atoms with Crippen molar-refractivity contribution in [1.82, 2.24) is 4.90 Å². The number of carbonyl (C=O) groups is 3. The summed E-state index contributed by atoms with van der Waals surface area (Å²) in [6.45, 7) is -0.260. The molecule has 8 heteroatoms. The summed E-state index contributed by atoms with van der Waals surface area (Å²) in [5.41, 5.74) is 0.859. The first-order valence-electron chi connectivity index (χ1n) is 9.60. The number of hydrogen-bond acceptors (Lipinski definition) is 6. The van der Waals surface area contributed by atoms with Gasteiger partial charge in [0.15, 0.2) is 6.61 Å². The molecule has 0 aliphatic rings. The van der Waals surface area contributed by atoms with Crippen LogP contribution in [0.1, 0.15) is 33.6 Å². The van der Waals surface area contributed by atoms with Gasteiger partial charge >= 0.3 is 5.97 Å². The third-order valence-electron chi connectivity index (χ3n) is 4.49. The first-order valence-corrected chi connectivity index (χ1v) is 9.60. The topological polar surface area (TPSA) is 114 Å². The summed E-state index contributed by atoms with van der Waals surface area (Å²) in [6.07, 6.45) is 0.211. The van der Waals surface area contributed by atoms with Crippen molar-refractivity contribution in [3.8, 4) is 12.1 Å². The van der Waals surface area contributed by atoms with Gasteiger partial charge in [0.05, 0.1) is 36.1 Å². The molecular weight excluding hydrogens is 396 g/mol. The zero-order chi connectivity index (χ0) is 22.6. The third-order valence-corrected chi connectivity index (χ3v) is 4.49. The standard InChI is InChI=1S/C23H22N4O4/c1-26(18-9-3-2-4-10-18)22(29)19-11-5-6-12-20(19)23(30)31-17-21(28)27(15-7-13-24)16-8-14-25/h2-6,9-12H,7-8,15-17H2,1H3. The zero-order valence-electron chi connectivity index (χ0n) is 17.2. The summed E-state index contributed by atoms with van der Waals surface area (Å²) in [7, 11) is 1.60. The Labute approximate surface area is 180 Å². The van der Waals surface area contributed by atoms with Gasteiger partial charge in [-0.05, 0) is 24.3 Å². The van der Waals surface area contributed by atoms with Gasteiger partial charge in [-0.3, -0.25) is 9.59 Å². The molecule has 2 aromatic carbocycles. The van der Waals surface area contributed by atoms with Crippen LogP contribution in [0.3, 0.4) is 0 Å². The van der Waals surface area contributed by atoms with E-state index in [0.29, 0.717) is 5.69 Å². The van der Waals surface area contributed by atoms with Gasteiger partial charge in [-0.1, -0.05) is 30.3 Å². The fraction of sp³-hybridized carbons (Fsp3) is 0.261. The molecule has 0 aliphatic carbocycles. The highest BCUT2D eigenvalue weighted by Gasteiger charge is 2.23.